The van der Waals surface area contributed by atoms with Gasteiger partial charge in [0.2, 0.25) is 5.91 Å². The second-order valence-electron chi connectivity index (χ2n) is 12.3. The van der Waals surface area contributed by atoms with Crippen LogP contribution in [0.15, 0.2) is 4.99 Å². The van der Waals surface area contributed by atoms with Crippen molar-refractivity contribution in [3.8, 4) is 0 Å². The topological polar surface area (TPSA) is 429 Å². The van der Waals surface area contributed by atoms with Gasteiger partial charge in [-0.05, 0) is 13.3 Å². The van der Waals surface area contributed by atoms with E-state index >= 15 is 0 Å². The molecule has 18 N–H and O–H groups in total. The summed E-state index contributed by atoms with van der Waals surface area (Å²) < 4.78 is 0. The van der Waals surface area contributed by atoms with Crippen molar-refractivity contribution in [1.82, 2.24) is 37.2 Å². The van der Waals surface area contributed by atoms with Crippen molar-refractivity contribution in [3.05, 3.63) is 0 Å². The molecule has 0 heterocycles. The molecule has 0 aromatic rings. The molecule has 7 amide bonds. The number of hydrogen-bond donors (Lipinski definition) is 16. The number of nitrogens with two attached hydrogens (primary N) is 3. The van der Waals surface area contributed by atoms with Gasteiger partial charge >= 0.3 is 274 Å². The minimum Gasteiger partial charge on any atom is -0.480 e. The van der Waals surface area contributed by atoms with Crippen LogP contribution < -0.4 is 54.4 Å². The summed E-state index contributed by atoms with van der Waals surface area (Å²) in [5.41, 5.74) is 16.3. The number of aliphatic hydroxyl groups excluding tert-OH is 3. The van der Waals surface area contributed by atoms with Gasteiger partial charge < -0.3 is 21.1 Å². The van der Waals surface area contributed by atoms with Gasteiger partial charge in [0, 0.05) is 6.42 Å². The summed E-state index contributed by atoms with van der Waals surface area (Å²) in [6.45, 7) is 0.349. The molecule has 0 aliphatic rings. The first-order valence-corrected chi connectivity index (χ1v) is 18.9. The van der Waals surface area contributed by atoms with Crippen molar-refractivity contribution in [1.29, 1.82) is 0 Å². The average molecular weight is 902 g/mol. The molecule has 0 unspecified atom stereocenters. The number of guanidine groups is 1. The van der Waals surface area contributed by atoms with Crippen LogP contribution >= 0.6 is 12.6 Å². The fourth-order valence-corrected chi connectivity index (χ4v) is 5.11. The van der Waals surface area contributed by atoms with Crippen molar-refractivity contribution >= 4 is 87.9 Å². The SMILES string of the molecule is C[C@H](NC(=O)[C@@H](N)CCC(=O)O)C(=O)N[C@@H](CO)C(=O)N[C@@H](CCCN=C(N)N)C(=O)N[C@@H](C[Se])C(=O)N[C@@H](CS)C(=O)N[C@@H](CO)C(=O)N[C@H](C(=O)O)[C@@H](C)O. The van der Waals surface area contributed by atoms with Crippen LogP contribution in [0, 0.1) is 0 Å². The molecule has 25 nitrogen and oxygen atoms in total. The van der Waals surface area contributed by atoms with Crippen molar-refractivity contribution in [2.75, 3.05) is 25.5 Å². The third-order valence-electron chi connectivity index (χ3n) is 7.63. The fraction of sp³-hybridized carbons (Fsp3) is 0.667. The summed E-state index contributed by atoms with van der Waals surface area (Å²) >= 11 is 6.58. The number of rotatable bonds is 27. The number of thiol groups is 1. The van der Waals surface area contributed by atoms with E-state index in [0.29, 0.717) is 0 Å². The Morgan fingerprint density at radius 3 is 1.60 bits per heavy atom. The van der Waals surface area contributed by atoms with Gasteiger partial charge in [-0.1, -0.05) is 0 Å². The number of aliphatic hydroxyl groups is 3. The van der Waals surface area contributed by atoms with Gasteiger partial charge in [0.05, 0.1) is 6.04 Å². The summed E-state index contributed by atoms with van der Waals surface area (Å²) in [6, 6.07) is -12.0. The van der Waals surface area contributed by atoms with E-state index in [2.05, 4.69) is 65.5 Å². The summed E-state index contributed by atoms with van der Waals surface area (Å²) in [5.74, 6) is -10.4. The van der Waals surface area contributed by atoms with Crippen molar-refractivity contribution in [2.24, 2.45) is 22.2 Å². The summed E-state index contributed by atoms with van der Waals surface area (Å²) in [4.78, 5) is 116. The van der Waals surface area contributed by atoms with Gasteiger partial charge in [-0.2, -0.15) is 0 Å². The van der Waals surface area contributed by atoms with Crippen LogP contribution in [0.25, 0.3) is 0 Å². The van der Waals surface area contributed by atoms with Gasteiger partial charge in [-0.3, -0.25) is 9.59 Å². The van der Waals surface area contributed by atoms with Gasteiger partial charge in [0.25, 0.3) is 0 Å². The first-order valence-electron chi connectivity index (χ1n) is 17.1. The second-order valence-corrected chi connectivity index (χ2v) is 13.4. The molecule has 0 fully saturated rings. The molecule has 323 valence electrons. The Morgan fingerprint density at radius 2 is 1.12 bits per heavy atom. The van der Waals surface area contributed by atoms with E-state index in [1.54, 1.807) is 0 Å². The number of carbonyl (C=O) groups is 9. The van der Waals surface area contributed by atoms with E-state index in [1.807, 2.05) is 5.32 Å². The van der Waals surface area contributed by atoms with Crippen molar-refractivity contribution in [3.63, 3.8) is 0 Å². The molecule has 0 aromatic carbocycles. The van der Waals surface area contributed by atoms with Crippen LogP contribution in [0.2, 0.25) is 5.32 Å². The van der Waals surface area contributed by atoms with Gasteiger partial charge in [-0.25, -0.2) is 4.79 Å². The monoisotopic (exact) mass is 902 g/mol. The van der Waals surface area contributed by atoms with Crippen LogP contribution in [0.5, 0.6) is 0 Å². The maximum atomic E-state index is 13.5. The molecule has 0 saturated heterocycles. The van der Waals surface area contributed by atoms with Crippen LogP contribution in [0.1, 0.15) is 39.5 Å². The Labute approximate surface area is 340 Å². The number of carboxylic acids is 2. The zero-order valence-electron chi connectivity index (χ0n) is 31.0. The summed E-state index contributed by atoms with van der Waals surface area (Å²) in [6.07, 6.45) is -2.21. The van der Waals surface area contributed by atoms with Crippen molar-refractivity contribution in [2.45, 2.75) is 99.3 Å². The van der Waals surface area contributed by atoms with Crippen LogP contribution in [-0.2, 0) is 43.2 Å². The van der Waals surface area contributed by atoms with E-state index in [4.69, 9.17) is 22.3 Å². The number of carbonyl (C=O) groups excluding carboxylic acids is 7. The molecule has 0 aliphatic heterocycles. The van der Waals surface area contributed by atoms with E-state index in [9.17, 15) is 63.6 Å². The molecular weight excluding hydrogens is 849 g/mol. The maximum absolute atomic E-state index is 13.5. The molecule has 9 atom stereocenters. The Hall–Kier alpha value is -4.79. The molecule has 0 rings (SSSR count). The molecule has 0 spiro atoms. The number of aliphatic carboxylic acids is 2. The number of aliphatic imine (C=N–C) groups is 1. The number of nitrogens with zero attached hydrogens (tertiary/aromatic N) is 1. The third kappa shape index (κ3) is 19.8. The average Bonchev–Trinajstić information content (AvgIpc) is 3.14. The minimum atomic E-state index is -1.77. The fourth-order valence-electron chi connectivity index (χ4n) is 4.36. The van der Waals surface area contributed by atoms with Crippen LogP contribution in [0.3, 0.4) is 0 Å². The van der Waals surface area contributed by atoms with Gasteiger partial charge in [0.15, 0.2) is 0 Å². The summed E-state index contributed by atoms with van der Waals surface area (Å²) in [5, 5.41) is 62.6. The first kappa shape index (κ1) is 52.2. The predicted octanol–water partition coefficient (Wildman–Crippen LogP) is -8.39. The van der Waals surface area contributed by atoms with E-state index in [0.717, 1.165) is 6.92 Å². The zero-order valence-corrected chi connectivity index (χ0v) is 33.6. The molecule has 0 bridgehead atoms. The number of amides is 7. The third-order valence-corrected chi connectivity index (χ3v) is 8.69. The van der Waals surface area contributed by atoms with Gasteiger partial charge in [-0.15, -0.1) is 0 Å². The normalized spacial score (nSPS) is 15.6. The standard InChI is InChI=1S/C30H52N11O14SSe/c1-12(35-23(48)14(31)5-6-20(45)46)22(47)37-16(8-42)25(50)36-15(4-3-7-34-30(32)33)24(49)40-19(11-57)28(53)39-18(10-56)27(52)38-17(9-43)26(51)41-21(13(2)44)29(54)55/h12-19,21,42-44,56H,3-11,31H2,1-2H3,(H,35,48)(H,36,50)(H,37,47)(H,38,52)(H,39,53)(H,40,49)(H,41,51)(H,45,46)(H,54,55)(H4,32,33,34)/t12-,13+,14-,15-,16-,17-,18-,19-,21-/m0/s1. The second kappa shape index (κ2) is 27.0. The summed E-state index contributed by atoms with van der Waals surface area (Å²) in [7, 11) is 0. The minimum absolute atomic E-state index is 0.00101. The van der Waals surface area contributed by atoms with Crippen LogP contribution in [-0.4, -0.2) is 181 Å². The van der Waals surface area contributed by atoms with Crippen molar-refractivity contribution < 1.29 is 68.7 Å². The molecule has 0 aliphatic carbocycles. The molecule has 0 aromatic heterocycles. The number of nitrogens with one attached hydrogen (secondary N) is 7. The zero-order chi connectivity index (χ0) is 44.0. The quantitative estimate of drug-likeness (QED) is 0.0120. The molecule has 27 heteroatoms. The van der Waals surface area contributed by atoms with E-state index < -0.39 is 127 Å². The van der Waals surface area contributed by atoms with Crippen LogP contribution in [0.4, 0.5) is 0 Å². The number of hydrogen-bond acceptors (Lipinski definition) is 15. The Bertz CT molecular complexity index is 1460. The smallest absolute Gasteiger partial charge is 0.480 e. The Morgan fingerprint density at radius 1 is 0.667 bits per heavy atom. The molecule has 0 saturated carbocycles. The van der Waals surface area contributed by atoms with Gasteiger partial charge in [0.1, 0.15) is 0 Å². The number of carboxylic acid groups (broad SMARTS) is 2. The Balaban J connectivity index is 5.83. The molecule has 57 heavy (non-hydrogen) atoms. The molecular formula is C30H52N11O14SSe. The molecule has 1 radical (unpaired) electrons. The first-order chi connectivity index (χ1) is 26.6. The van der Waals surface area contributed by atoms with E-state index in [1.165, 1.54) is 6.92 Å². The predicted molar refractivity (Wildman–Crippen MR) is 202 cm³/mol. The Kier molecular flexibility index (Phi) is 24.7. The van der Waals surface area contributed by atoms with E-state index in [-0.39, 0.29) is 42.8 Å².